The molecule has 1 aliphatic heterocycles. The standard InChI is InChI=1S/C19H19N5O3S/c1-10(2)5-12-7-14(24-23-12)18(26)22-19-21-15(9-28-19)11-3-4-16-13(6-11)20-17(25)8-27-16/h3-4,6-7,9-10H,5,8H2,1-2H3,(H,20,25)(H,23,24)(H,21,22,26). The Balaban J connectivity index is 1.47. The number of nitrogens with zero attached hydrogens (tertiary/aromatic N) is 2. The maximum Gasteiger partial charge on any atom is 0.277 e. The molecule has 4 rings (SSSR count). The van der Waals surface area contributed by atoms with Gasteiger partial charge in [-0.2, -0.15) is 5.10 Å². The molecule has 0 atom stereocenters. The van der Waals surface area contributed by atoms with Crippen LogP contribution in [0.15, 0.2) is 29.6 Å². The van der Waals surface area contributed by atoms with Gasteiger partial charge in [0.1, 0.15) is 5.75 Å². The van der Waals surface area contributed by atoms with Crippen LogP contribution in [0.2, 0.25) is 0 Å². The number of amides is 2. The van der Waals surface area contributed by atoms with Gasteiger partial charge in [-0.05, 0) is 36.6 Å². The molecule has 0 spiro atoms. The summed E-state index contributed by atoms with van der Waals surface area (Å²) in [7, 11) is 0. The Morgan fingerprint density at radius 2 is 2.21 bits per heavy atom. The second-order valence-corrected chi connectivity index (χ2v) is 7.77. The Kier molecular flexibility index (Phi) is 4.82. The fourth-order valence-electron chi connectivity index (χ4n) is 2.89. The van der Waals surface area contributed by atoms with Gasteiger partial charge in [-0.25, -0.2) is 4.98 Å². The van der Waals surface area contributed by atoms with E-state index in [1.165, 1.54) is 11.3 Å². The third kappa shape index (κ3) is 3.89. The van der Waals surface area contributed by atoms with E-state index in [-0.39, 0.29) is 18.4 Å². The molecule has 0 bridgehead atoms. The minimum absolute atomic E-state index is 0.0191. The predicted octanol–water partition coefficient (Wildman–Crippen LogP) is 3.31. The van der Waals surface area contributed by atoms with Crippen LogP contribution in [0.5, 0.6) is 5.75 Å². The van der Waals surface area contributed by atoms with Crippen LogP contribution < -0.4 is 15.4 Å². The van der Waals surface area contributed by atoms with E-state index in [4.69, 9.17) is 4.74 Å². The maximum atomic E-state index is 12.4. The Bertz CT molecular complexity index is 1040. The van der Waals surface area contributed by atoms with Gasteiger partial charge in [0.2, 0.25) is 0 Å². The van der Waals surface area contributed by atoms with E-state index < -0.39 is 0 Å². The van der Waals surface area contributed by atoms with Crippen LogP contribution in [-0.4, -0.2) is 33.6 Å². The average molecular weight is 397 g/mol. The first-order valence-electron chi connectivity index (χ1n) is 8.86. The number of carbonyl (C=O) groups is 2. The minimum atomic E-state index is -0.307. The van der Waals surface area contributed by atoms with Crippen molar-refractivity contribution < 1.29 is 14.3 Å². The van der Waals surface area contributed by atoms with Gasteiger partial charge >= 0.3 is 0 Å². The van der Waals surface area contributed by atoms with Gasteiger partial charge in [0.15, 0.2) is 17.4 Å². The molecule has 1 aromatic carbocycles. The quantitative estimate of drug-likeness (QED) is 0.612. The Morgan fingerprint density at radius 1 is 1.36 bits per heavy atom. The number of carbonyl (C=O) groups excluding carboxylic acids is 2. The van der Waals surface area contributed by atoms with Gasteiger partial charge in [0.25, 0.3) is 11.8 Å². The van der Waals surface area contributed by atoms with Gasteiger partial charge in [0.05, 0.1) is 11.4 Å². The van der Waals surface area contributed by atoms with Gasteiger partial charge < -0.3 is 10.1 Å². The highest BCUT2D eigenvalue weighted by molar-refractivity contribution is 7.14. The molecule has 0 aliphatic carbocycles. The summed E-state index contributed by atoms with van der Waals surface area (Å²) >= 11 is 1.32. The zero-order valence-electron chi connectivity index (χ0n) is 15.4. The summed E-state index contributed by atoms with van der Waals surface area (Å²) in [6.45, 7) is 4.23. The second-order valence-electron chi connectivity index (χ2n) is 6.92. The number of benzene rings is 1. The van der Waals surface area contributed by atoms with Crippen LogP contribution >= 0.6 is 11.3 Å². The van der Waals surface area contributed by atoms with Crippen LogP contribution in [0.4, 0.5) is 10.8 Å². The molecule has 9 heteroatoms. The van der Waals surface area contributed by atoms with Crippen molar-refractivity contribution in [2.75, 3.05) is 17.2 Å². The molecular weight excluding hydrogens is 378 g/mol. The summed E-state index contributed by atoms with van der Waals surface area (Å²) < 4.78 is 5.36. The highest BCUT2D eigenvalue weighted by Crippen LogP contribution is 2.33. The van der Waals surface area contributed by atoms with Crippen molar-refractivity contribution in [2.45, 2.75) is 20.3 Å². The number of H-pyrrole nitrogens is 1. The Labute approximate surface area is 165 Å². The molecule has 0 radical (unpaired) electrons. The molecule has 1 aliphatic rings. The van der Waals surface area contributed by atoms with Gasteiger partial charge in [0, 0.05) is 16.6 Å². The zero-order chi connectivity index (χ0) is 19.7. The molecule has 0 unspecified atom stereocenters. The van der Waals surface area contributed by atoms with E-state index in [2.05, 4.69) is 39.7 Å². The SMILES string of the molecule is CC(C)Cc1cc(C(=O)Nc2nc(-c3ccc4c(c3)NC(=O)CO4)cs2)n[nH]1. The third-order valence-electron chi connectivity index (χ3n) is 4.12. The number of aromatic amines is 1. The molecule has 28 heavy (non-hydrogen) atoms. The van der Waals surface area contributed by atoms with E-state index >= 15 is 0 Å². The first-order valence-corrected chi connectivity index (χ1v) is 9.74. The largest absolute Gasteiger partial charge is 0.482 e. The van der Waals surface area contributed by atoms with Gasteiger partial charge in [-0.15, -0.1) is 11.3 Å². The minimum Gasteiger partial charge on any atom is -0.482 e. The van der Waals surface area contributed by atoms with E-state index in [9.17, 15) is 9.59 Å². The molecule has 0 saturated carbocycles. The predicted molar refractivity (Wildman–Crippen MR) is 107 cm³/mol. The highest BCUT2D eigenvalue weighted by Gasteiger charge is 2.18. The molecule has 0 fully saturated rings. The molecule has 3 heterocycles. The zero-order valence-corrected chi connectivity index (χ0v) is 16.2. The monoisotopic (exact) mass is 397 g/mol. The van der Waals surface area contributed by atoms with Crippen LogP contribution in [0.3, 0.4) is 0 Å². The summed E-state index contributed by atoms with van der Waals surface area (Å²) in [5.41, 5.74) is 3.40. The summed E-state index contributed by atoms with van der Waals surface area (Å²) in [5, 5.41) is 14.8. The lowest BCUT2D eigenvalue weighted by atomic mass is 10.1. The lowest BCUT2D eigenvalue weighted by Crippen LogP contribution is -2.25. The second kappa shape index (κ2) is 7.43. The van der Waals surface area contributed by atoms with E-state index in [1.54, 1.807) is 18.2 Å². The number of hydrogen-bond donors (Lipinski definition) is 3. The smallest absolute Gasteiger partial charge is 0.277 e. The summed E-state index contributed by atoms with van der Waals surface area (Å²) in [6, 6.07) is 7.22. The van der Waals surface area contributed by atoms with Crippen molar-refractivity contribution in [3.05, 3.63) is 41.0 Å². The van der Waals surface area contributed by atoms with Crippen molar-refractivity contribution >= 4 is 34.0 Å². The summed E-state index contributed by atoms with van der Waals surface area (Å²) in [4.78, 5) is 28.3. The number of anilines is 2. The van der Waals surface area contributed by atoms with Gasteiger partial charge in [-0.1, -0.05) is 13.8 Å². The number of rotatable bonds is 5. The number of ether oxygens (including phenoxy) is 1. The van der Waals surface area contributed by atoms with Crippen molar-refractivity contribution in [1.82, 2.24) is 15.2 Å². The first-order chi connectivity index (χ1) is 13.5. The summed E-state index contributed by atoms with van der Waals surface area (Å²) in [5.74, 6) is 0.609. The number of aromatic nitrogens is 3. The van der Waals surface area contributed by atoms with Crippen LogP contribution in [-0.2, 0) is 11.2 Å². The third-order valence-corrected chi connectivity index (χ3v) is 4.88. The van der Waals surface area contributed by atoms with Crippen LogP contribution in [0.1, 0.15) is 30.0 Å². The molecule has 8 nitrogen and oxygen atoms in total. The van der Waals surface area contributed by atoms with Gasteiger partial charge in [-0.3, -0.25) is 20.0 Å². The molecule has 2 aromatic heterocycles. The van der Waals surface area contributed by atoms with Crippen LogP contribution in [0, 0.1) is 5.92 Å². The van der Waals surface area contributed by atoms with Crippen molar-refractivity contribution in [3.63, 3.8) is 0 Å². The van der Waals surface area contributed by atoms with Crippen molar-refractivity contribution in [2.24, 2.45) is 5.92 Å². The topological polar surface area (TPSA) is 109 Å². The molecule has 3 aromatic rings. The number of nitrogens with one attached hydrogen (secondary N) is 3. The fourth-order valence-corrected chi connectivity index (χ4v) is 3.60. The Morgan fingerprint density at radius 3 is 3.04 bits per heavy atom. The lowest BCUT2D eigenvalue weighted by Gasteiger charge is -2.18. The molecule has 2 amide bonds. The highest BCUT2D eigenvalue weighted by atomic mass is 32.1. The molecule has 0 saturated heterocycles. The number of fused-ring (bicyclic) bond motifs is 1. The van der Waals surface area contributed by atoms with E-state index in [1.807, 2.05) is 11.4 Å². The summed E-state index contributed by atoms with van der Waals surface area (Å²) in [6.07, 6.45) is 0.834. The van der Waals surface area contributed by atoms with Crippen molar-refractivity contribution in [3.8, 4) is 17.0 Å². The van der Waals surface area contributed by atoms with Crippen LogP contribution in [0.25, 0.3) is 11.3 Å². The van der Waals surface area contributed by atoms with Crippen molar-refractivity contribution in [1.29, 1.82) is 0 Å². The number of thiazole rings is 1. The maximum absolute atomic E-state index is 12.4. The first kappa shape index (κ1) is 18.2. The molecule has 3 N–H and O–H groups in total. The number of hydrogen-bond acceptors (Lipinski definition) is 6. The van der Waals surface area contributed by atoms with E-state index in [0.29, 0.717) is 33.9 Å². The van der Waals surface area contributed by atoms with E-state index in [0.717, 1.165) is 17.7 Å². The molecule has 144 valence electrons. The Hall–Kier alpha value is -3.20. The fraction of sp³-hybridized carbons (Fsp3) is 0.263. The normalized spacial score (nSPS) is 13.0. The average Bonchev–Trinajstić information content (AvgIpc) is 3.30. The molecular formula is C19H19N5O3S. The lowest BCUT2D eigenvalue weighted by molar-refractivity contribution is -0.118.